The zero-order chi connectivity index (χ0) is 16.6. The average molecular weight is 335 g/mol. The number of fused-ring (bicyclic) bond motifs is 1. The molecular weight excluding hydrogens is 318 g/mol. The molecule has 7 nitrogen and oxygen atoms in total. The lowest BCUT2D eigenvalue weighted by Crippen LogP contribution is -2.27. The number of rotatable bonds is 4. The summed E-state index contributed by atoms with van der Waals surface area (Å²) in [7, 11) is -2.04. The molecule has 1 aromatic carbocycles. The molecule has 8 heteroatoms. The van der Waals surface area contributed by atoms with Gasteiger partial charge in [-0.05, 0) is 24.3 Å². The molecule has 23 heavy (non-hydrogen) atoms. The topological polar surface area (TPSA) is 103 Å². The van der Waals surface area contributed by atoms with E-state index in [0.29, 0.717) is 23.5 Å². The smallest absolute Gasteiger partial charge is 0.227 e. The Morgan fingerprint density at radius 1 is 1.39 bits per heavy atom. The third kappa shape index (κ3) is 3.13. The number of anilines is 1. The zero-order valence-corrected chi connectivity index (χ0v) is 13.4. The molecule has 1 aromatic heterocycles. The normalized spacial score (nSPS) is 18.6. The molecule has 1 fully saturated rings. The molecule has 1 aliphatic heterocycles. The number of nitrogens with two attached hydrogens (primary N) is 1. The fourth-order valence-electron chi connectivity index (χ4n) is 2.99. The van der Waals surface area contributed by atoms with E-state index in [0.717, 1.165) is 5.39 Å². The fraction of sp³-hybridized carbons (Fsp3) is 0.333. The number of nitrogens with zero attached hydrogens (tertiary/aromatic N) is 2. The Kier molecular flexibility index (Phi) is 3.95. The highest BCUT2D eigenvalue weighted by Crippen LogP contribution is 2.35. The van der Waals surface area contributed by atoms with Crippen LogP contribution in [0.2, 0.25) is 0 Å². The van der Waals surface area contributed by atoms with Gasteiger partial charge in [-0.2, -0.15) is 0 Å². The van der Waals surface area contributed by atoms with Gasteiger partial charge < -0.3 is 9.64 Å². The minimum absolute atomic E-state index is 0.117. The number of pyridine rings is 1. The molecular formula is C15H17N3O4S. The lowest BCUT2D eigenvalue weighted by Gasteiger charge is -2.19. The van der Waals surface area contributed by atoms with Gasteiger partial charge in [-0.3, -0.25) is 9.78 Å². The van der Waals surface area contributed by atoms with Gasteiger partial charge in [0.1, 0.15) is 11.3 Å². The molecule has 122 valence electrons. The van der Waals surface area contributed by atoms with Crippen LogP contribution >= 0.6 is 0 Å². The zero-order valence-electron chi connectivity index (χ0n) is 12.6. The molecule has 0 bridgehead atoms. The summed E-state index contributed by atoms with van der Waals surface area (Å²) < 4.78 is 27.8. The standard InChI is InChI=1S/C15H17N3O4S/c1-22-13-5-4-12(11-3-2-6-17-15(11)13)18-8-10(7-14(18)19)9-23(16,20)21/h2-6,10H,7-9H2,1H3,(H2,16,20,21). The quantitative estimate of drug-likeness (QED) is 0.893. The highest BCUT2D eigenvalue weighted by atomic mass is 32.2. The fourth-order valence-corrected chi connectivity index (χ4v) is 3.87. The summed E-state index contributed by atoms with van der Waals surface area (Å²) in [6.07, 6.45) is 1.83. The van der Waals surface area contributed by atoms with Gasteiger partial charge in [-0.15, -0.1) is 0 Å². The van der Waals surface area contributed by atoms with Gasteiger partial charge in [0.25, 0.3) is 0 Å². The molecule has 1 saturated heterocycles. The summed E-state index contributed by atoms with van der Waals surface area (Å²) >= 11 is 0. The van der Waals surface area contributed by atoms with Gasteiger partial charge >= 0.3 is 0 Å². The minimum atomic E-state index is -3.60. The van der Waals surface area contributed by atoms with Gasteiger partial charge in [-0.25, -0.2) is 13.6 Å². The van der Waals surface area contributed by atoms with Crippen molar-refractivity contribution in [2.45, 2.75) is 6.42 Å². The van der Waals surface area contributed by atoms with E-state index >= 15 is 0 Å². The maximum Gasteiger partial charge on any atom is 0.227 e. The molecule has 1 unspecified atom stereocenters. The summed E-state index contributed by atoms with van der Waals surface area (Å²) in [6, 6.07) is 7.19. The second kappa shape index (κ2) is 5.78. The number of sulfonamides is 1. The van der Waals surface area contributed by atoms with Gasteiger partial charge in [0.05, 0.1) is 18.6 Å². The maximum absolute atomic E-state index is 12.3. The highest BCUT2D eigenvalue weighted by molar-refractivity contribution is 7.89. The number of amides is 1. The number of aromatic nitrogens is 1. The first-order valence-electron chi connectivity index (χ1n) is 7.11. The van der Waals surface area contributed by atoms with E-state index in [4.69, 9.17) is 9.88 Å². The van der Waals surface area contributed by atoms with Crippen molar-refractivity contribution >= 4 is 32.5 Å². The van der Waals surface area contributed by atoms with Crippen LogP contribution in [-0.4, -0.2) is 38.7 Å². The van der Waals surface area contributed by atoms with Crippen LogP contribution in [0, 0.1) is 5.92 Å². The molecule has 2 aromatic rings. The van der Waals surface area contributed by atoms with Crippen LogP contribution in [0.15, 0.2) is 30.5 Å². The number of carbonyl (C=O) groups is 1. The summed E-state index contributed by atoms with van der Waals surface area (Å²) in [4.78, 5) is 18.2. The second-order valence-electron chi connectivity index (χ2n) is 5.59. The minimum Gasteiger partial charge on any atom is -0.494 e. The first kappa shape index (κ1) is 15.7. The second-order valence-corrected chi connectivity index (χ2v) is 7.25. The van der Waals surface area contributed by atoms with Crippen LogP contribution in [0.25, 0.3) is 10.9 Å². The van der Waals surface area contributed by atoms with Crippen molar-refractivity contribution in [2.24, 2.45) is 11.1 Å². The number of hydrogen-bond acceptors (Lipinski definition) is 5. The van der Waals surface area contributed by atoms with Crippen LogP contribution < -0.4 is 14.8 Å². The number of carbonyl (C=O) groups excluding carboxylic acids is 1. The SMILES string of the molecule is COc1ccc(N2CC(CS(N)(=O)=O)CC2=O)c2cccnc12. The highest BCUT2D eigenvalue weighted by Gasteiger charge is 2.33. The molecule has 3 rings (SSSR count). The molecule has 0 spiro atoms. The number of hydrogen-bond donors (Lipinski definition) is 1. The summed E-state index contributed by atoms with van der Waals surface area (Å²) in [5, 5.41) is 5.88. The Morgan fingerprint density at radius 2 is 2.17 bits per heavy atom. The third-order valence-corrected chi connectivity index (χ3v) is 4.83. The molecule has 2 heterocycles. The Labute approximate surface area is 134 Å². The summed E-state index contributed by atoms with van der Waals surface area (Å²) in [6.45, 7) is 0.325. The van der Waals surface area contributed by atoms with Crippen molar-refractivity contribution in [3.05, 3.63) is 30.5 Å². The Bertz CT molecular complexity index is 866. The van der Waals surface area contributed by atoms with E-state index in [9.17, 15) is 13.2 Å². The Balaban J connectivity index is 1.99. The monoisotopic (exact) mass is 335 g/mol. The Hall–Kier alpha value is -2.19. The molecule has 0 saturated carbocycles. The van der Waals surface area contributed by atoms with E-state index in [1.54, 1.807) is 36.4 Å². The number of ether oxygens (including phenoxy) is 1. The average Bonchev–Trinajstić information content (AvgIpc) is 2.84. The first-order chi connectivity index (χ1) is 10.9. The lowest BCUT2D eigenvalue weighted by molar-refractivity contribution is -0.117. The van der Waals surface area contributed by atoms with Crippen molar-refractivity contribution < 1.29 is 17.9 Å². The van der Waals surface area contributed by atoms with Crippen LogP contribution in [0.3, 0.4) is 0 Å². The first-order valence-corrected chi connectivity index (χ1v) is 8.83. The van der Waals surface area contributed by atoms with Crippen molar-refractivity contribution in [3.63, 3.8) is 0 Å². The lowest BCUT2D eigenvalue weighted by atomic mass is 10.1. The molecule has 0 aliphatic carbocycles. The van der Waals surface area contributed by atoms with Gasteiger partial charge in [0.2, 0.25) is 15.9 Å². The third-order valence-electron chi connectivity index (χ3n) is 3.89. The van der Waals surface area contributed by atoms with Gasteiger partial charge in [-0.1, -0.05) is 0 Å². The van der Waals surface area contributed by atoms with Crippen LogP contribution in [0.1, 0.15) is 6.42 Å². The number of benzene rings is 1. The van der Waals surface area contributed by atoms with E-state index in [1.807, 2.05) is 6.07 Å². The molecule has 1 aliphatic rings. The maximum atomic E-state index is 12.3. The predicted octanol–water partition coefficient (Wildman–Crippen LogP) is 0.885. The summed E-state index contributed by atoms with van der Waals surface area (Å²) in [5.41, 5.74) is 1.37. The van der Waals surface area contributed by atoms with E-state index in [2.05, 4.69) is 4.98 Å². The van der Waals surface area contributed by atoms with Crippen LogP contribution in [-0.2, 0) is 14.8 Å². The van der Waals surface area contributed by atoms with Crippen LogP contribution in [0.5, 0.6) is 5.75 Å². The van der Waals surface area contributed by atoms with Crippen molar-refractivity contribution in [3.8, 4) is 5.75 Å². The molecule has 1 atom stereocenters. The van der Waals surface area contributed by atoms with Gasteiger partial charge in [0, 0.05) is 30.5 Å². The Morgan fingerprint density at radius 3 is 2.87 bits per heavy atom. The molecule has 2 N–H and O–H groups in total. The predicted molar refractivity (Wildman–Crippen MR) is 86.7 cm³/mol. The van der Waals surface area contributed by atoms with Crippen molar-refractivity contribution in [1.29, 1.82) is 0 Å². The molecule has 0 radical (unpaired) electrons. The van der Waals surface area contributed by atoms with Crippen LogP contribution in [0.4, 0.5) is 5.69 Å². The molecule has 1 amide bonds. The van der Waals surface area contributed by atoms with E-state index in [1.165, 1.54) is 0 Å². The van der Waals surface area contributed by atoms with Gasteiger partial charge in [0.15, 0.2) is 0 Å². The van der Waals surface area contributed by atoms with E-state index < -0.39 is 10.0 Å². The largest absolute Gasteiger partial charge is 0.494 e. The van der Waals surface area contributed by atoms with Crippen molar-refractivity contribution in [1.82, 2.24) is 4.98 Å². The summed E-state index contributed by atoms with van der Waals surface area (Å²) in [5.74, 6) is 0.0130. The number of methoxy groups -OCH3 is 1. The number of primary sulfonamides is 1. The van der Waals surface area contributed by atoms with Crippen molar-refractivity contribution in [2.75, 3.05) is 24.3 Å². The van der Waals surface area contributed by atoms with E-state index in [-0.39, 0.29) is 24.0 Å².